The van der Waals surface area contributed by atoms with E-state index in [0.29, 0.717) is 0 Å². The van der Waals surface area contributed by atoms with Crippen LogP contribution in [0.3, 0.4) is 0 Å². The maximum absolute atomic E-state index is 12.7. The number of amides is 1. The summed E-state index contributed by atoms with van der Waals surface area (Å²) in [5.41, 5.74) is 3.53. The summed E-state index contributed by atoms with van der Waals surface area (Å²) in [6.07, 6.45) is -4.59. The van der Waals surface area contributed by atoms with E-state index >= 15 is 0 Å². The summed E-state index contributed by atoms with van der Waals surface area (Å²) in [4.78, 5) is 25.8. The van der Waals surface area contributed by atoms with Crippen LogP contribution in [0.2, 0.25) is 5.02 Å². The maximum atomic E-state index is 12.7. The van der Waals surface area contributed by atoms with Gasteiger partial charge in [-0.2, -0.15) is 18.2 Å². The highest BCUT2D eigenvalue weighted by molar-refractivity contribution is 6.31. The Hall–Kier alpha value is -3.47. The number of rotatable bonds is 3. The first-order valence-corrected chi connectivity index (χ1v) is 7.72. The molecule has 0 saturated carbocycles. The van der Waals surface area contributed by atoms with Crippen molar-refractivity contribution in [2.45, 2.75) is 6.18 Å². The van der Waals surface area contributed by atoms with Gasteiger partial charge in [-0.1, -0.05) is 23.7 Å². The minimum Gasteiger partial charge on any atom is -0.383 e. The molecular weight excluding hydrogens is 403 g/mol. The van der Waals surface area contributed by atoms with Gasteiger partial charge in [-0.25, -0.2) is 0 Å². The highest BCUT2D eigenvalue weighted by Crippen LogP contribution is 2.29. The first-order chi connectivity index (χ1) is 13.0. The van der Waals surface area contributed by atoms with Gasteiger partial charge in [0.15, 0.2) is 0 Å². The number of hydrogen-bond donors (Lipinski definition) is 3. The van der Waals surface area contributed by atoms with Gasteiger partial charge >= 0.3 is 6.18 Å². The number of nitrogens with one attached hydrogen (secondary N) is 2. The molecular formula is C16H11ClF3N5O3. The summed E-state index contributed by atoms with van der Waals surface area (Å²) in [6.45, 7) is 0. The van der Waals surface area contributed by atoms with E-state index < -0.39 is 45.6 Å². The van der Waals surface area contributed by atoms with Crippen molar-refractivity contribution in [2.75, 3.05) is 0 Å². The van der Waals surface area contributed by atoms with E-state index in [4.69, 9.17) is 22.7 Å². The van der Waals surface area contributed by atoms with Crippen LogP contribution in [-0.2, 0) is 6.18 Å². The second-order valence-electron chi connectivity index (χ2n) is 5.30. The highest BCUT2D eigenvalue weighted by atomic mass is 35.5. The zero-order chi connectivity index (χ0) is 21.1. The van der Waals surface area contributed by atoms with Gasteiger partial charge in [-0.3, -0.25) is 25.6 Å². The molecule has 12 heteroatoms. The molecule has 0 aliphatic rings. The molecule has 0 aromatic heterocycles. The number of amidine groups is 1. The number of nitrogens with two attached hydrogens (primary N) is 1. The Labute approximate surface area is 160 Å². The van der Waals surface area contributed by atoms with Crippen LogP contribution in [0.1, 0.15) is 21.5 Å². The molecule has 2 aromatic rings. The van der Waals surface area contributed by atoms with E-state index in [1.54, 1.807) is 0 Å². The number of hydrogen-bond acceptors (Lipinski definition) is 4. The molecule has 0 unspecified atom stereocenters. The van der Waals surface area contributed by atoms with Crippen molar-refractivity contribution in [3.8, 4) is 0 Å². The molecule has 0 aliphatic carbocycles. The van der Waals surface area contributed by atoms with E-state index in [1.165, 1.54) is 12.1 Å². The van der Waals surface area contributed by atoms with Crippen LogP contribution in [0.4, 0.5) is 18.9 Å². The van der Waals surface area contributed by atoms with Gasteiger partial charge in [0.1, 0.15) is 11.4 Å². The number of alkyl halides is 3. The van der Waals surface area contributed by atoms with Crippen LogP contribution in [-0.4, -0.2) is 22.6 Å². The predicted octanol–water partition coefficient (Wildman–Crippen LogP) is 3.34. The SMILES string of the molecule is N=C(N=C(N)c1cccc(C(F)(F)F)c1)NC(=O)c1cc(Cl)ccc1[N+](=O)[O-]. The first-order valence-electron chi connectivity index (χ1n) is 7.34. The topological polar surface area (TPSA) is 134 Å². The summed E-state index contributed by atoms with van der Waals surface area (Å²) in [7, 11) is 0. The Morgan fingerprint density at radius 2 is 1.93 bits per heavy atom. The lowest BCUT2D eigenvalue weighted by Crippen LogP contribution is -2.31. The lowest BCUT2D eigenvalue weighted by molar-refractivity contribution is -0.385. The van der Waals surface area contributed by atoms with Crippen LogP contribution in [0.15, 0.2) is 47.5 Å². The van der Waals surface area contributed by atoms with Crippen LogP contribution in [0.25, 0.3) is 0 Å². The van der Waals surface area contributed by atoms with Crippen LogP contribution in [0, 0.1) is 15.5 Å². The van der Waals surface area contributed by atoms with Gasteiger partial charge in [0.2, 0.25) is 5.96 Å². The summed E-state index contributed by atoms with van der Waals surface area (Å²) >= 11 is 5.72. The van der Waals surface area contributed by atoms with Gasteiger partial charge in [0, 0.05) is 16.7 Å². The highest BCUT2D eigenvalue weighted by Gasteiger charge is 2.30. The number of nitrogens with zero attached hydrogens (tertiary/aromatic N) is 2. The Balaban J connectivity index is 2.23. The minimum atomic E-state index is -4.59. The molecule has 0 atom stereocenters. The van der Waals surface area contributed by atoms with Gasteiger partial charge < -0.3 is 5.73 Å². The van der Waals surface area contributed by atoms with Crippen LogP contribution in [0.5, 0.6) is 0 Å². The van der Waals surface area contributed by atoms with Crippen molar-refractivity contribution >= 4 is 35.0 Å². The average Bonchev–Trinajstić information content (AvgIpc) is 2.60. The Kier molecular flexibility index (Phi) is 5.99. The molecule has 0 heterocycles. The summed E-state index contributed by atoms with van der Waals surface area (Å²) in [5, 5.41) is 20.6. The van der Waals surface area contributed by atoms with Crippen molar-refractivity contribution in [2.24, 2.45) is 10.7 Å². The summed E-state index contributed by atoms with van der Waals surface area (Å²) < 4.78 is 38.2. The molecule has 0 spiro atoms. The van der Waals surface area contributed by atoms with E-state index in [9.17, 15) is 28.1 Å². The molecule has 146 valence electrons. The molecule has 0 bridgehead atoms. The number of nitro groups is 1. The molecule has 0 fully saturated rings. The maximum Gasteiger partial charge on any atom is 0.416 e. The predicted molar refractivity (Wildman–Crippen MR) is 95.5 cm³/mol. The standard InChI is InChI=1S/C16H11ClF3N5O3/c17-10-4-5-12(25(27)28)11(7-10)14(26)24-15(22)23-13(21)8-2-1-3-9(6-8)16(18,19)20/h1-7H,(H4,21,22,23,24,26). The third-order valence-corrected chi connectivity index (χ3v) is 3.58. The zero-order valence-corrected chi connectivity index (χ0v) is 14.5. The fourth-order valence-electron chi connectivity index (χ4n) is 2.09. The third kappa shape index (κ3) is 5.04. The largest absolute Gasteiger partial charge is 0.416 e. The van der Waals surface area contributed by atoms with Crippen molar-refractivity contribution < 1.29 is 22.9 Å². The van der Waals surface area contributed by atoms with Gasteiger partial charge in [-0.05, 0) is 24.3 Å². The average molecular weight is 414 g/mol. The smallest absolute Gasteiger partial charge is 0.383 e. The van der Waals surface area contributed by atoms with Crippen molar-refractivity contribution in [1.82, 2.24) is 5.32 Å². The molecule has 2 rings (SSSR count). The lowest BCUT2D eigenvalue weighted by Gasteiger charge is -2.09. The van der Waals surface area contributed by atoms with Crippen molar-refractivity contribution in [1.29, 1.82) is 5.41 Å². The van der Waals surface area contributed by atoms with E-state index in [-0.39, 0.29) is 10.6 Å². The Bertz CT molecular complexity index is 992. The number of guanidine groups is 1. The second-order valence-corrected chi connectivity index (χ2v) is 5.73. The van der Waals surface area contributed by atoms with Gasteiger partial charge in [-0.15, -0.1) is 0 Å². The van der Waals surface area contributed by atoms with Gasteiger partial charge in [0.25, 0.3) is 11.6 Å². The van der Waals surface area contributed by atoms with E-state index in [2.05, 4.69) is 4.99 Å². The fourth-order valence-corrected chi connectivity index (χ4v) is 2.26. The fraction of sp³-hybridized carbons (Fsp3) is 0.0625. The van der Waals surface area contributed by atoms with Crippen LogP contribution >= 0.6 is 11.6 Å². The third-order valence-electron chi connectivity index (χ3n) is 3.35. The lowest BCUT2D eigenvalue weighted by atomic mass is 10.1. The first kappa shape index (κ1) is 20.8. The molecule has 0 aliphatic heterocycles. The van der Waals surface area contributed by atoms with Crippen LogP contribution < -0.4 is 11.1 Å². The molecule has 4 N–H and O–H groups in total. The molecule has 0 saturated heterocycles. The molecule has 2 aromatic carbocycles. The monoisotopic (exact) mass is 413 g/mol. The van der Waals surface area contributed by atoms with Crippen molar-refractivity contribution in [3.63, 3.8) is 0 Å². The Morgan fingerprint density at radius 3 is 2.54 bits per heavy atom. The number of aliphatic imine (C=N–C) groups is 1. The molecule has 1 amide bonds. The number of nitro benzene ring substituents is 1. The number of halogens is 4. The molecule has 8 nitrogen and oxygen atoms in total. The second kappa shape index (κ2) is 8.05. The number of carbonyl (C=O) groups excluding carboxylic acids is 1. The minimum absolute atomic E-state index is 0.0502. The van der Waals surface area contributed by atoms with Crippen molar-refractivity contribution in [3.05, 3.63) is 74.3 Å². The zero-order valence-electron chi connectivity index (χ0n) is 13.7. The summed E-state index contributed by atoms with van der Waals surface area (Å²) in [5.74, 6) is -2.34. The number of benzene rings is 2. The number of carbonyl (C=O) groups is 1. The van der Waals surface area contributed by atoms with E-state index in [0.717, 1.165) is 30.3 Å². The Morgan fingerprint density at radius 1 is 1.25 bits per heavy atom. The quantitative estimate of drug-likeness (QED) is 0.308. The van der Waals surface area contributed by atoms with E-state index in [1.807, 2.05) is 5.32 Å². The molecule has 28 heavy (non-hydrogen) atoms. The summed E-state index contributed by atoms with van der Waals surface area (Å²) in [6, 6.07) is 7.18. The molecule has 0 radical (unpaired) electrons. The normalized spacial score (nSPS) is 11.8. The van der Waals surface area contributed by atoms with Gasteiger partial charge in [0.05, 0.1) is 10.5 Å².